The second-order valence-corrected chi connectivity index (χ2v) is 7.41. The van der Waals surface area contributed by atoms with E-state index >= 15 is 0 Å². The maximum atomic E-state index is 12.5. The molecule has 2 amide bonds. The molecule has 2 N–H and O–H groups in total. The summed E-state index contributed by atoms with van der Waals surface area (Å²) in [4.78, 5) is 30.3. The second kappa shape index (κ2) is 9.14. The maximum Gasteiger partial charge on any atom is 0.236 e. The number of nitrogens with zero attached hydrogens (tertiary/aromatic N) is 3. The third-order valence-corrected chi connectivity index (χ3v) is 5.63. The Balaban J connectivity index is 1.35. The average Bonchev–Trinajstić information content (AvgIpc) is 2.68. The number of amides is 2. The largest absolute Gasteiger partial charge is 0.369 e. The number of hydrogen-bond acceptors (Lipinski definition) is 4. The lowest BCUT2D eigenvalue weighted by molar-refractivity contribution is -0.136. The number of carbonyl (C=O) groups is 2. The smallest absolute Gasteiger partial charge is 0.236 e. The summed E-state index contributed by atoms with van der Waals surface area (Å²) in [5.41, 5.74) is 6.74. The minimum absolute atomic E-state index is 0.0628. The highest BCUT2D eigenvalue weighted by molar-refractivity contribution is 5.80. The second-order valence-electron chi connectivity index (χ2n) is 7.41. The van der Waals surface area contributed by atoms with Crippen molar-refractivity contribution in [2.75, 3.05) is 52.4 Å². The molecule has 0 spiro atoms. The van der Waals surface area contributed by atoms with Crippen LogP contribution in [0.1, 0.15) is 18.4 Å². The van der Waals surface area contributed by atoms with Crippen LogP contribution >= 0.6 is 0 Å². The van der Waals surface area contributed by atoms with E-state index in [0.29, 0.717) is 32.5 Å². The first-order valence-electron chi connectivity index (χ1n) is 9.67. The molecule has 2 saturated heterocycles. The van der Waals surface area contributed by atoms with Crippen LogP contribution in [0, 0.1) is 5.92 Å². The third kappa shape index (κ3) is 5.29. The van der Waals surface area contributed by atoms with E-state index in [1.54, 1.807) is 0 Å². The summed E-state index contributed by atoms with van der Waals surface area (Å²) in [6, 6.07) is 10.6. The van der Waals surface area contributed by atoms with E-state index in [1.165, 1.54) is 5.56 Å². The molecule has 1 aromatic carbocycles. The van der Waals surface area contributed by atoms with Gasteiger partial charge < -0.3 is 15.5 Å². The van der Waals surface area contributed by atoms with Gasteiger partial charge in [-0.2, -0.15) is 0 Å². The zero-order valence-electron chi connectivity index (χ0n) is 15.5. The molecule has 0 bridgehead atoms. The van der Waals surface area contributed by atoms with E-state index in [1.807, 2.05) is 4.90 Å². The van der Waals surface area contributed by atoms with E-state index in [-0.39, 0.29) is 17.7 Å². The van der Waals surface area contributed by atoms with Crippen molar-refractivity contribution >= 4 is 11.8 Å². The van der Waals surface area contributed by atoms with Crippen molar-refractivity contribution in [1.82, 2.24) is 14.7 Å². The molecule has 0 saturated carbocycles. The van der Waals surface area contributed by atoms with Gasteiger partial charge in [0.15, 0.2) is 0 Å². The van der Waals surface area contributed by atoms with E-state index in [2.05, 4.69) is 40.1 Å². The fourth-order valence-electron chi connectivity index (χ4n) is 3.81. The van der Waals surface area contributed by atoms with Gasteiger partial charge in [-0.1, -0.05) is 30.3 Å². The number of carbonyl (C=O) groups excluding carboxylic acids is 2. The van der Waals surface area contributed by atoms with Gasteiger partial charge in [0.2, 0.25) is 11.8 Å². The van der Waals surface area contributed by atoms with Gasteiger partial charge in [0.1, 0.15) is 0 Å². The number of likely N-dealkylation sites (tertiary alicyclic amines) is 1. The van der Waals surface area contributed by atoms with Crippen LogP contribution in [0.3, 0.4) is 0 Å². The fraction of sp³-hybridized carbons (Fsp3) is 0.600. The highest BCUT2D eigenvalue weighted by Gasteiger charge is 2.27. The Morgan fingerprint density at radius 2 is 1.54 bits per heavy atom. The van der Waals surface area contributed by atoms with Gasteiger partial charge >= 0.3 is 0 Å². The van der Waals surface area contributed by atoms with Crippen molar-refractivity contribution in [2.24, 2.45) is 11.7 Å². The zero-order chi connectivity index (χ0) is 18.4. The molecule has 0 aliphatic carbocycles. The van der Waals surface area contributed by atoms with Gasteiger partial charge in [-0.05, 0) is 24.8 Å². The molecule has 1 aromatic rings. The lowest BCUT2D eigenvalue weighted by Crippen LogP contribution is -2.51. The molecular formula is C20H30N4O2. The van der Waals surface area contributed by atoms with E-state index in [4.69, 9.17) is 5.73 Å². The van der Waals surface area contributed by atoms with Crippen molar-refractivity contribution in [1.29, 1.82) is 0 Å². The molecule has 2 aliphatic rings. The topological polar surface area (TPSA) is 69.9 Å². The molecule has 3 rings (SSSR count). The van der Waals surface area contributed by atoms with Gasteiger partial charge in [0.25, 0.3) is 0 Å². The van der Waals surface area contributed by atoms with Crippen LogP contribution in [0.2, 0.25) is 0 Å². The van der Waals surface area contributed by atoms with Crippen LogP contribution in [-0.2, 0) is 16.0 Å². The molecule has 0 unspecified atom stereocenters. The Morgan fingerprint density at radius 3 is 2.15 bits per heavy atom. The Bertz CT molecular complexity index is 591. The monoisotopic (exact) mass is 358 g/mol. The molecule has 6 heteroatoms. The van der Waals surface area contributed by atoms with Gasteiger partial charge in [-0.25, -0.2) is 0 Å². The maximum absolute atomic E-state index is 12.5. The number of piperidine rings is 1. The van der Waals surface area contributed by atoms with Crippen molar-refractivity contribution in [3.63, 3.8) is 0 Å². The first-order valence-corrected chi connectivity index (χ1v) is 9.67. The summed E-state index contributed by atoms with van der Waals surface area (Å²) in [6.07, 6.45) is 2.48. The van der Waals surface area contributed by atoms with Crippen LogP contribution in [0.5, 0.6) is 0 Å². The Hall–Kier alpha value is -1.92. The number of piperazine rings is 1. The van der Waals surface area contributed by atoms with Crippen molar-refractivity contribution < 1.29 is 9.59 Å². The van der Waals surface area contributed by atoms with Crippen LogP contribution in [0.15, 0.2) is 30.3 Å². The molecule has 26 heavy (non-hydrogen) atoms. The van der Waals surface area contributed by atoms with Gasteiger partial charge in [-0.15, -0.1) is 0 Å². The van der Waals surface area contributed by atoms with Gasteiger partial charge in [0, 0.05) is 51.7 Å². The average molecular weight is 358 g/mol. The van der Waals surface area contributed by atoms with Crippen LogP contribution in [0.25, 0.3) is 0 Å². The predicted octanol–water partition coefficient (Wildman–Crippen LogP) is 0.571. The fourth-order valence-corrected chi connectivity index (χ4v) is 3.81. The number of nitrogens with two attached hydrogens (primary N) is 1. The Kier molecular flexibility index (Phi) is 6.63. The minimum Gasteiger partial charge on any atom is -0.369 e. The molecule has 2 fully saturated rings. The molecule has 0 radical (unpaired) electrons. The molecule has 142 valence electrons. The standard InChI is InChI=1S/C20H30N4O2/c21-20(26)18-7-10-24(11-8-18)19(25)16-23-14-12-22(13-15-23)9-6-17-4-2-1-3-5-17/h1-5,18H,6-16H2,(H2,21,26). The van der Waals surface area contributed by atoms with Crippen LogP contribution < -0.4 is 5.73 Å². The molecular weight excluding hydrogens is 328 g/mol. The molecule has 0 atom stereocenters. The Labute approximate surface area is 155 Å². The predicted molar refractivity (Wildman–Crippen MR) is 102 cm³/mol. The minimum atomic E-state index is -0.233. The Morgan fingerprint density at radius 1 is 0.923 bits per heavy atom. The summed E-state index contributed by atoms with van der Waals surface area (Å²) in [5, 5.41) is 0. The van der Waals surface area contributed by atoms with E-state index < -0.39 is 0 Å². The first-order chi connectivity index (χ1) is 12.6. The molecule has 2 heterocycles. The lowest BCUT2D eigenvalue weighted by Gasteiger charge is -2.36. The van der Waals surface area contributed by atoms with Gasteiger partial charge in [-0.3, -0.25) is 14.5 Å². The van der Waals surface area contributed by atoms with Crippen LogP contribution in [-0.4, -0.2) is 78.9 Å². The summed E-state index contributed by atoms with van der Waals surface area (Å²) < 4.78 is 0. The molecule has 2 aliphatic heterocycles. The van der Waals surface area contributed by atoms with Crippen molar-refractivity contribution in [3.05, 3.63) is 35.9 Å². The number of primary amides is 1. The zero-order valence-corrected chi connectivity index (χ0v) is 15.5. The van der Waals surface area contributed by atoms with Gasteiger partial charge in [0.05, 0.1) is 6.54 Å². The number of rotatable bonds is 6. The number of benzene rings is 1. The summed E-state index contributed by atoms with van der Waals surface area (Å²) in [7, 11) is 0. The first kappa shape index (κ1) is 18.9. The normalized spacial score (nSPS) is 20.2. The van der Waals surface area contributed by atoms with Crippen LogP contribution in [0.4, 0.5) is 0 Å². The molecule has 0 aromatic heterocycles. The summed E-state index contributed by atoms with van der Waals surface area (Å²) in [5.74, 6) is -0.110. The van der Waals surface area contributed by atoms with E-state index in [9.17, 15) is 9.59 Å². The van der Waals surface area contributed by atoms with E-state index in [0.717, 1.165) is 39.1 Å². The SMILES string of the molecule is NC(=O)C1CCN(C(=O)CN2CCN(CCc3ccccc3)CC2)CC1. The summed E-state index contributed by atoms with van der Waals surface area (Å²) in [6.45, 7) is 6.80. The summed E-state index contributed by atoms with van der Waals surface area (Å²) >= 11 is 0. The molecule has 6 nitrogen and oxygen atoms in total. The highest BCUT2D eigenvalue weighted by atomic mass is 16.2. The quantitative estimate of drug-likeness (QED) is 0.807. The number of hydrogen-bond donors (Lipinski definition) is 1. The van der Waals surface area contributed by atoms with Crippen molar-refractivity contribution in [2.45, 2.75) is 19.3 Å². The van der Waals surface area contributed by atoms with Crippen molar-refractivity contribution in [3.8, 4) is 0 Å². The lowest BCUT2D eigenvalue weighted by atomic mass is 9.96. The highest BCUT2D eigenvalue weighted by Crippen LogP contribution is 2.17. The third-order valence-electron chi connectivity index (χ3n) is 5.63.